The third-order valence-corrected chi connectivity index (χ3v) is 3.30. The minimum Gasteiger partial charge on any atom is -0.456 e. The summed E-state index contributed by atoms with van der Waals surface area (Å²) < 4.78 is 14.9. The van der Waals surface area contributed by atoms with Crippen LogP contribution in [-0.2, 0) is 19.1 Å². The molecule has 0 unspecified atom stereocenters. The lowest BCUT2D eigenvalue weighted by Crippen LogP contribution is -2.26. The number of carbonyl (C=O) groups excluding carboxylic acids is 2. The zero-order chi connectivity index (χ0) is 15.2. The van der Waals surface area contributed by atoms with Crippen molar-refractivity contribution in [2.24, 2.45) is 0 Å². The molecule has 0 aliphatic carbocycles. The van der Waals surface area contributed by atoms with Crippen molar-refractivity contribution >= 4 is 44.3 Å². The Morgan fingerprint density at radius 2 is 2.29 bits per heavy atom. The Kier molecular flexibility index (Phi) is 5.42. The lowest BCUT2D eigenvalue weighted by molar-refractivity contribution is -0.153. The summed E-state index contributed by atoms with van der Waals surface area (Å²) in [6, 6.07) is 1.64. The van der Waals surface area contributed by atoms with Gasteiger partial charge in [0, 0.05) is 18.6 Å². The highest BCUT2D eigenvalue weighted by atomic mass is 79.9. The fourth-order valence-electron chi connectivity index (χ4n) is 1.25. The molecule has 112 valence electrons. The second-order valence-corrected chi connectivity index (χ2v) is 5.31. The van der Waals surface area contributed by atoms with E-state index in [4.69, 9.17) is 9.26 Å². The first-order chi connectivity index (χ1) is 10.1. The van der Waals surface area contributed by atoms with Crippen molar-refractivity contribution in [1.82, 2.24) is 10.1 Å². The molecule has 0 atom stereocenters. The molecule has 0 saturated heterocycles. The van der Waals surface area contributed by atoms with Gasteiger partial charge in [0.05, 0.1) is 6.61 Å². The fourth-order valence-corrected chi connectivity index (χ4v) is 2.23. The number of anilines is 1. The van der Waals surface area contributed by atoms with E-state index in [1.54, 1.807) is 11.4 Å². The summed E-state index contributed by atoms with van der Waals surface area (Å²) in [5, 5.41) is 7.93. The zero-order valence-electron chi connectivity index (χ0n) is 10.8. The Balaban J connectivity index is 1.93. The monoisotopic (exact) mass is 375 g/mol. The van der Waals surface area contributed by atoms with Crippen LogP contribution in [0.1, 0.15) is 0 Å². The molecule has 21 heavy (non-hydrogen) atoms. The Hall–Kier alpha value is -1.78. The summed E-state index contributed by atoms with van der Waals surface area (Å²) in [6.45, 7) is 0.235. The number of amides is 1. The van der Waals surface area contributed by atoms with Gasteiger partial charge >= 0.3 is 11.9 Å². The predicted octanol–water partition coefficient (Wildman–Crippen LogP) is 1.69. The van der Waals surface area contributed by atoms with Gasteiger partial charge in [0.15, 0.2) is 10.9 Å². The molecule has 0 saturated carbocycles. The van der Waals surface area contributed by atoms with Crippen molar-refractivity contribution in [3.05, 3.63) is 16.0 Å². The van der Waals surface area contributed by atoms with Crippen LogP contribution in [-0.4, -0.2) is 42.3 Å². The van der Waals surface area contributed by atoms with Crippen LogP contribution < -0.4 is 5.32 Å². The average molecular weight is 376 g/mol. The molecule has 1 N–H and O–H groups in total. The standard InChI is InChI=1S/C11H10BrN3O5S/c1-18-2-3-19-10(17)9(16)14-11-13-6(5-21-11)7-4-8(12)15-20-7/h4-5H,2-3H2,1H3,(H,13,14,16). The molecule has 2 aromatic heterocycles. The molecule has 2 aromatic rings. The molecule has 0 aliphatic heterocycles. The predicted molar refractivity (Wildman–Crippen MR) is 76.8 cm³/mol. The molecule has 0 radical (unpaired) electrons. The van der Waals surface area contributed by atoms with E-state index in [-0.39, 0.29) is 18.3 Å². The maximum atomic E-state index is 11.6. The average Bonchev–Trinajstić information content (AvgIpc) is 3.07. The van der Waals surface area contributed by atoms with E-state index in [9.17, 15) is 9.59 Å². The van der Waals surface area contributed by atoms with Gasteiger partial charge in [0.1, 0.15) is 16.9 Å². The van der Waals surface area contributed by atoms with Gasteiger partial charge in [-0.05, 0) is 15.9 Å². The number of nitrogens with one attached hydrogen (secondary N) is 1. The minimum absolute atomic E-state index is 0.0119. The van der Waals surface area contributed by atoms with Crippen LogP contribution >= 0.6 is 27.3 Å². The molecule has 0 spiro atoms. The van der Waals surface area contributed by atoms with E-state index in [1.165, 1.54) is 7.11 Å². The van der Waals surface area contributed by atoms with E-state index >= 15 is 0 Å². The Morgan fingerprint density at radius 3 is 2.95 bits per heavy atom. The number of thiazole rings is 1. The number of rotatable bonds is 5. The molecule has 1 amide bonds. The number of methoxy groups -OCH3 is 1. The topological polar surface area (TPSA) is 104 Å². The van der Waals surface area contributed by atoms with Crippen molar-refractivity contribution in [2.45, 2.75) is 0 Å². The van der Waals surface area contributed by atoms with Gasteiger partial charge in [-0.1, -0.05) is 5.16 Å². The van der Waals surface area contributed by atoms with Crippen LogP contribution in [0.5, 0.6) is 0 Å². The Morgan fingerprint density at radius 1 is 1.48 bits per heavy atom. The van der Waals surface area contributed by atoms with Crippen LogP contribution in [0.3, 0.4) is 0 Å². The summed E-state index contributed by atoms with van der Waals surface area (Å²) in [5.41, 5.74) is 0.501. The number of hydrogen-bond donors (Lipinski definition) is 1. The van der Waals surface area contributed by atoms with Crippen molar-refractivity contribution < 1.29 is 23.6 Å². The molecule has 0 fully saturated rings. The van der Waals surface area contributed by atoms with E-state index in [0.717, 1.165) is 11.3 Å². The summed E-state index contributed by atoms with van der Waals surface area (Å²) in [5.74, 6) is -1.45. The number of ether oxygens (including phenoxy) is 2. The molecule has 0 aromatic carbocycles. The van der Waals surface area contributed by atoms with Crippen molar-refractivity contribution in [1.29, 1.82) is 0 Å². The third kappa shape index (κ3) is 4.34. The molecule has 8 nitrogen and oxygen atoms in total. The molecule has 10 heteroatoms. The fraction of sp³-hybridized carbons (Fsp3) is 0.273. The molecular weight excluding hydrogens is 366 g/mol. The van der Waals surface area contributed by atoms with Gasteiger partial charge in [0.25, 0.3) is 0 Å². The molecule has 0 aliphatic rings. The largest absolute Gasteiger partial charge is 0.456 e. The first-order valence-electron chi connectivity index (χ1n) is 5.65. The van der Waals surface area contributed by atoms with E-state index in [2.05, 4.69) is 36.1 Å². The zero-order valence-corrected chi connectivity index (χ0v) is 13.2. The van der Waals surface area contributed by atoms with Gasteiger partial charge in [-0.2, -0.15) is 0 Å². The van der Waals surface area contributed by atoms with Gasteiger partial charge in [0.2, 0.25) is 0 Å². The van der Waals surface area contributed by atoms with Crippen molar-refractivity contribution in [2.75, 3.05) is 25.6 Å². The SMILES string of the molecule is COCCOC(=O)C(=O)Nc1nc(-c2cc(Br)no2)cs1. The second kappa shape index (κ2) is 7.29. The van der Waals surface area contributed by atoms with Gasteiger partial charge < -0.3 is 14.0 Å². The van der Waals surface area contributed by atoms with Crippen LogP contribution in [0.4, 0.5) is 5.13 Å². The van der Waals surface area contributed by atoms with E-state index in [1.807, 2.05) is 0 Å². The normalized spacial score (nSPS) is 10.4. The number of esters is 1. The van der Waals surface area contributed by atoms with Crippen LogP contribution in [0.15, 0.2) is 20.6 Å². The molecule has 2 heterocycles. The maximum absolute atomic E-state index is 11.6. The maximum Gasteiger partial charge on any atom is 0.397 e. The second-order valence-electron chi connectivity index (χ2n) is 3.63. The number of nitrogens with zero attached hydrogens (tertiary/aromatic N) is 2. The molecular formula is C11H10BrN3O5S. The summed E-state index contributed by atoms with van der Waals surface area (Å²) in [6.07, 6.45) is 0. The molecule has 2 rings (SSSR count). The van der Waals surface area contributed by atoms with Crippen LogP contribution in [0.2, 0.25) is 0 Å². The van der Waals surface area contributed by atoms with E-state index in [0.29, 0.717) is 16.1 Å². The highest BCUT2D eigenvalue weighted by molar-refractivity contribution is 9.10. The van der Waals surface area contributed by atoms with E-state index < -0.39 is 11.9 Å². The van der Waals surface area contributed by atoms with Crippen LogP contribution in [0, 0.1) is 0 Å². The summed E-state index contributed by atoms with van der Waals surface area (Å²) in [7, 11) is 1.47. The molecule has 0 bridgehead atoms. The lowest BCUT2D eigenvalue weighted by atomic mass is 10.4. The van der Waals surface area contributed by atoms with Crippen molar-refractivity contribution in [3.63, 3.8) is 0 Å². The number of aromatic nitrogens is 2. The van der Waals surface area contributed by atoms with Gasteiger partial charge in [-0.25, -0.2) is 9.78 Å². The number of halogens is 1. The minimum atomic E-state index is -0.994. The number of hydrogen-bond acceptors (Lipinski definition) is 8. The Labute approximate surface area is 131 Å². The first-order valence-corrected chi connectivity index (χ1v) is 7.32. The van der Waals surface area contributed by atoms with Gasteiger partial charge in [-0.15, -0.1) is 11.3 Å². The van der Waals surface area contributed by atoms with Gasteiger partial charge in [-0.3, -0.25) is 10.1 Å². The lowest BCUT2D eigenvalue weighted by Gasteiger charge is -2.02. The quantitative estimate of drug-likeness (QED) is 0.481. The summed E-state index contributed by atoms with van der Waals surface area (Å²) >= 11 is 4.30. The highest BCUT2D eigenvalue weighted by Crippen LogP contribution is 2.26. The third-order valence-electron chi connectivity index (χ3n) is 2.16. The van der Waals surface area contributed by atoms with Crippen molar-refractivity contribution in [3.8, 4) is 11.5 Å². The smallest absolute Gasteiger partial charge is 0.397 e. The van der Waals surface area contributed by atoms with Crippen LogP contribution in [0.25, 0.3) is 11.5 Å². The number of carbonyl (C=O) groups is 2. The Bertz CT molecular complexity index is 641. The first kappa shape index (κ1) is 15.6. The highest BCUT2D eigenvalue weighted by Gasteiger charge is 2.18. The summed E-state index contributed by atoms with van der Waals surface area (Å²) in [4.78, 5) is 27.0.